The summed E-state index contributed by atoms with van der Waals surface area (Å²) in [6, 6.07) is 7.19. The zero-order valence-electron chi connectivity index (χ0n) is 14.2. The van der Waals surface area contributed by atoms with E-state index in [0.29, 0.717) is 18.6 Å². The number of nitrogens with zero attached hydrogens (tertiary/aromatic N) is 1. The summed E-state index contributed by atoms with van der Waals surface area (Å²) in [4.78, 5) is 28.0. The van der Waals surface area contributed by atoms with Gasteiger partial charge in [0.05, 0.1) is 0 Å². The number of carboxylic acids is 1. The molecule has 0 spiro atoms. The Morgan fingerprint density at radius 2 is 2.20 bits per heavy atom. The minimum absolute atomic E-state index is 0.134. The van der Waals surface area contributed by atoms with Crippen LogP contribution >= 0.6 is 0 Å². The largest absolute Gasteiger partial charge is 0.480 e. The zero-order chi connectivity index (χ0) is 17.8. The van der Waals surface area contributed by atoms with Gasteiger partial charge >= 0.3 is 5.97 Å². The van der Waals surface area contributed by atoms with Crippen molar-refractivity contribution in [2.45, 2.75) is 51.0 Å². The highest BCUT2D eigenvalue weighted by atomic mass is 16.4. The van der Waals surface area contributed by atoms with E-state index in [1.54, 1.807) is 0 Å². The standard InChI is InChI=1S/C19H22N2O4/c1-2-16-17(20-11-25-16)18(22)21-15(19(23)24)10-13-8-5-7-12-6-3-4-9-14(12)13/h3-4,6,9,11,13,15H,2,5,7-8,10H2,1H3,(H,21,22)(H,23,24). The molecule has 1 aliphatic rings. The molecular formula is C19H22N2O4. The van der Waals surface area contributed by atoms with E-state index in [1.807, 2.05) is 19.1 Å². The maximum absolute atomic E-state index is 12.4. The van der Waals surface area contributed by atoms with Crippen molar-refractivity contribution < 1.29 is 19.1 Å². The van der Waals surface area contributed by atoms with Gasteiger partial charge in [0.15, 0.2) is 12.1 Å². The number of carbonyl (C=O) groups excluding carboxylic acids is 1. The first-order valence-electron chi connectivity index (χ1n) is 8.64. The number of carbonyl (C=O) groups is 2. The Morgan fingerprint density at radius 1 is 1.40 bits per heavy atom. The van der Waals surface area contributed by atoms with E-state index in [0.717, 1.165) is 19.3 Å². The predicted octanol–water partition coefficient (Wildman–Crippen LogP) is 2.93. The van der Waals surface area contributed by atoms with Gasteiger partial charge in [-0.05, 0) is 42.7 Å². The summed E-state index contributed by atoms with van der Waals surface area (Å²) < 4.78 is 5.15. The topological polar surface area (TPSA) is 92.4 Å². The Bertz CT molecular complexity index is 768. The third kappa shape index (κ3) is 3.73. The van der Waals surface area contributed by atoms with Gasteiger partial charge in [-0.2, -0.15) is 0 Å². The normalized spacial score (nSPS) is 17.6. The lowest BCUT2D eigenvalue weighted by Crippen LogP contribution is -2.42. The van der Waals surface area contributed by atoms with Crippen molar-refractivity contribution >= 4 is 11.9 Å². The van der Waals surface area contributed by atoms with Crippen LogP contribution in [0.25, 0.3) is 0 Å². The molecule has 1 heterocycles. The van der Waals surface area contributed by atoms with Gasteiger partial charge in [0.2, 0.25) is 0 Å². The maximum atomic E-state index is 12.4. The smallest absolute Gasteiger partial charge is 0.326 e. The Hall–Kier alpha value is -2.63. The number of oxazole rings is 1. The van der Waals surface area contributed by atoms with Crippen molar-refractivity contribution in [3.8, 4) is 0 Å². The van der Waals surface area contributed by atoms with Crippen LogP contribution in [0.3, 0.4) is 0 Å². The molecule has 0 saturated heterocycles. The van der Waals surface area contributed by atoms with Gasteiger partial charge in [0.25, 0.3) is 5.91 Å². The summed E-state index contributed by atoms with van der Waals surface area (Å²) in [5, 5.41) is 12.2. The second kappa shape index (κ2) is 7.51. The monoisotopic (exact) mass is 342 g/mol. The van der Waals surface area contributed by atoms with E-state index in [4.69, 9.17) is 4.42 Å². The van der Waals surface area contributed by atoms with Crippen LogP contribution in [0.5, 0.6) is 0 Å². The number of aromatic nitrogens is 1. The third-order valence-corrected chi connectivity index (χ3v) is 4.79. The molecule has 6 heteroatoms. The molecule has 3 rings (SSSR count). The molecule has 25 heavy (non-hydrogen) atoms. The Morgan fingerprint density at radius 3 is 2.96 bits per heavy atom. The lowest BCUT2D eigenvalue weighted by atomic mass is 9.79. The molecular weight excluding hydrogens is 320 g/mol. The molecule has 1 aliphatic carbocycles. The highest BCUT2D eigenvalue weighted by molar-refractivity contribution is 5.95. The van der Waals surface area contributed by atoms with Crippen molar-refractivity contribution in [3.05, 3.63) is 53.2 Å². The van der Waals surface area contributed by atoms with Gasteiger partial charge in [-0.1, -0.05) is 31.2 Å². The van der Waals surface area contributed by atoms with Crippen LogP contribution < -0.4 is 5.32 Å². The highest BCUT2D eigenvalue weighted by Gasteiger charge is 2.29. The molecule has 0 saturated carbocycles. The van der Waals surface area contributed by atoms with Crippen LogP contribution in [-0.2, 0) is 17.6 Å². The van der Waals surface area contributed by atoms with Crippen molar-refractivity contribution in [2.24, 2.45) is 0 Å². The van der Waals surface area contributed by atoms with Gasteiger partial charge in [-0.3, -0.25) is 4.79 Å². The van der Waals surface area contributed by atoms with Gasteiger partial charge in [0.1, 0.15) is 11.8 Å². The molecule has 2 aromatic rings. The predicted molar refractivity (Wildman–Crippen MR) is 91.5 cm³/mol. The van der Waals surface area contributed by atoms with Crippen molar-refractivity contribution in [1.82, 2.24) is 10.3 Å². The summed E-state index contributed by atoms with van der Waals surface area (Å²) in [5.41, 5.74) is 2.64. The first-order chi connectivity index (χ1) is 12.1. The van der Waals surface area contributed by atoms with Crippen LogP contribution in [0, 0.1) is 0 Å². The number of benzene rings is 1. The van der Waals surface area contributed by atoms with Crippen LogP contribution in [0.1, 0.15) is 59.5 Å². The average molecular weight is 342 g/mol. The van der Waals surface area contributed by atoms with Crippen molar-refractivity contribution in [1.29, 1.82) is 0 Å². The second-order valence-electron chi connectivity index (χ2n) is 6.37. The van der Waals surface area contributed by atoms with E-state index < -0.39 is 17.9 Å². The quantitative estimate of drug-likeness (QED) is 0.842. The molecule has 1 aromatic carbocycles. The molecule has 0 bridgehead atoms. The lowest BCUT2D eigenvalue weighted by molar-refractivity contribution is -0.139. The minimum Gasteiger partial charge on any atom is -0.480 e. The number of fused-ring (bicyclic) bond motifs is 1. The highest BCUT2D eigenvalue weighted by Crippen LogP contribution is 2.34. The average Bonchev–Trinajstić information content (AvgIpc) is 3.10. The Balaban J connectivity index is 1.75. The third-order valence-electron chi connectivity index (χ3n) is 4.79. The SMILES string of the molecule is CCc1ocnc1C(=O)NC(CC1CCCc2ccccc21)C(=O)O. The number of nitrogens with one attached hydrogen (secondary N) is 1. The summed E-state index contributed by atoms with van der Waals surface area (Å²) in [7, 11) is 0. The van der Waals surface area contributed by atoms with E-state index in [-0.39, 0.29) is 11.6 Å². The Labute approximate surface area is 146 Å². The first-order valence-corrected chi connectivity index (χ1v) is 8.64. The van der Waals surface area contributed by atoms with Gasteiger partial charge in [-0.15, -0.1) is 0 Å². The lowest BCUT2D eigenvalue weighted by Gasteiger charge is -2.27. The molecule has 1 aromatic heterocycles. The molecule has 0 radical (unpaired) electrons. The number of carboxylic acid groups (broad SMARTS) is 1. The molecule has 0 aliphatic heterocycles. The summed E-state index contributed by atoms with van der Waals surface area (Å²) in [5.74, 6) is -0.931. The first kappa shape index (κ1) is 17.2. The van der Waals surface area contributed by atoms with Crippen LogP contribution in [0.4, 0.5) is 0 Å². The molecule has 0 fully saturated rings. The van der Waals surface area contributed by atoms with Crippen LogP contribution in [0.2, 0.25) is 0 Å². The number of aliphatic carboxylic acids is 1. The number of hydrogen-bond donors (Lipinski definition) is 2. The fourth-order valence-electron chi connectivity index (χ4n) is 3.54. The van der Waals surface area contributed by atoms with E-state index in [9.17, 15) is 14.7 Å². The van der Waals surface area contributed by atoms with Crippen LogP contribution in [0.15, 0.2) is 35.1 Å². The number of amides is 1. The van der Waals surface area contributed by atoms with E-state index >= 15 is 0 Å². The molecule has 2 N–H and O–H groups in total. The number of rotatable bonds is 6. The molecule has 132 valence electrons. The van der Waals surface area contributed by atoms with E-state index in [1.165, 1.54) is 17.5 Å². The Kier molecular flexibility index (Phi) is 5.16. The summed E-state index contributed by atoms with van der Waals surface area (Å²) in [6.07, 6.45) is 5.09. The fraction of sp³-hybridized carbons (Fsp3) is 0.421. The molecule has 1 amide bonds. The van der Waals surface area contributed by atoms with Crippen LogP contribution in [-0.4, -0.2) is 28.0 Å². The van der Waals surface area contributed by atoms with Gasteiger partial charge in [0, 0.05) is 6.42 Å². The van der Waals surface area contributed by atoms with Crippen molar-refractivity contribution in [2.75, 3.05) is 0 Å². The van der Waals surface area contributed by atoms with Gasteiger partial charge in [-0.25, -0.2) is 9.78 Å². The second-order valence-corrected chi connectivity index (χ2v) is 6.37. The number of hydrogen-bond acceptors (Lipinski definition) is 4. The molecule has 2 unspecified atom stereocenters. The molecule has 6 nitrogen and oxygen atoms in total. The fourth-order valence-corrected chi connectivity index (χ4v) is 3.54. The van der Waals surface area contributed by atoms with Crippen molar-refractivity contribution in [3.63, 3.8) is 0 Å². The maximum Gasteiger partial charge on any atom is 0.326 e. The zero-order valence-corrected chi connectivity index (χ0v) is 14.2. The summed E-state index contributed by atoms with van der Waals surface area (Å²) >= 11 is 0. The minimum atomic E-state index is -1.03. The number of aryl methyl sites for hydroxylation is 2. The van der Waals surface area contributed by atoms with E-state index in [2.05, 4.69) is 22.4 Å². The molecule has 2 atom stereocenters. The van der Waals surface area contributed by atoms with Gasteiger partial charge < -0.3 is 14.8 Å². The summed E-state index contributed by atoms with van der Waals surface area (Å²) in [6.45, 7) is 1.85.